The first-order chi connectivity index (χ1) is 7.47. The van der Waals surface area contributed by atoms with Gasteiger partial charge >= 0.3 is 12.1 Å². The fraction of sp³-hybridized carbons (Fsp3) is 0.778. The largest absolute Gasteiger partial charge is 0.617 e. The Balaban J connectivity index is 4.17. The summed E-state index contributed by atoms with van der Waals surface area (Å²) in [5.41, 5.74) is 0. The van der Waals surface area contributed by atoms with Gasteiger partial charge in [-0.3, -0.25) is 0 Å². The van der Waals surface area contributed by atoms with Crippen molar-refractivity contribution in [2.75, 3.05) is 18.6 Å². The summed E-state index contributed by atoms with van der Waals surface area (Å²) in [5, 5.41) is 10.6. The predicted octanol–water partition coefficient (Wildman–Crippen LogP) is 0.344. The van der Waals surface area contributed by atoms with Crippen LogP contribution < -0.4 is 5.32 Å². The number of esters is 1. The molecule has 0 rings (SSSR count). The van der Waals surface area contributed by atoms with Crippen LogP contribution in [0, 0.1) is 0 Å². The van der Waals surface area contributed by atoms with Crippen LogP contribution in [0.5, 0.6) is 0 Å². The number of amides is 1. The molecule has 2 N–H and O–H groups in total. The Hall–Kier alpha value is -0.950. The van der Waals surface area contributed by atoms with Gasteiger partial charge in [0.15, 0.2) is 0 Å². The van der Waals surface area contributed by atoms with Gasteiger partial charge in [-0.15, -0.1) is 0 Å². The average Bonchev–Trinajstić information content (AvgIpc) is 2.19. The van der Waals surface area contributed by atoms with Gasteiger partial charge in [-0.1, -0.05) is 18.1 Å². The Morgan fingerprint density at radius 1 is 1.56 bits per heavy atom. The molecular weight excluding hydrogens is 234 g/mol. The molecule has 16 heavy (non-hydrogen) atoms. The second kappa shape index (κ2) is 8.23. The topological polar surface area (TPSA) is 98.7 Å². The summed E-state index contributed by atoms with van der Waals surface area (Å²) in [4.78, 5) is 21.8. The first-order valence-electron chi connectivity index (χ1n) is 4.93. The van der Waals surface area contributed by atoms with Gasteiger partial charge in [0.05, 0.1) is 12.9 Å². The predicted molar refractivity (Wildman–Crippen MR) is 59.7 cm³/mol. The van der Waals surface area contributed by atoms with Crippen molar-refractivity contribution in [1.82, 2.24) is 5.32 Å². The maximum absolute atomic E-state index is 11.4. The third kappa shape index (κ3) is 7.36. The van der Waals surface area contributed by atoms with Crippen LogP contribution in [-0.2, 0) is 20.7 Å². The molecule has 2 unspecified atom stereocenters. The molecule has 0 aliphatic carbocycles. The standard InChI is InChI=1S/C9H17NO5S/c1-3-5-15-8(11)7(10-9(12)13)4-6-16(2)14/h7,10H,3-6H2,1-2H3,(H,12,13). The zero-order valence-corrected chi connectivity index (χ0v) is 10.2. The van der Waals surface area contributed by atoms with Crippen molar-refractivity contribution in [3.63, 3.8) is 0 Å². The highest BCUT2D eigenvalue weighted by Gasteiger charge is 2.23. The Morgan fingerprint density at radius 3 is 2.62 bits per heavy atom. The van der Waals surface area contributed by atoms with Crippen LogP contribution in [0.15, 0.2) is 0 Å². The van der Waals surface area contributed by atoms with Crippen LogP contribution in [0.25, 0.3) is 0 Å². The molecule has 0 radical (unpaired) electrons. The van der Waals surface area contributed by atoms with Crippen LogP contribution in [0.4, 0.5) is 4.79 Å². The summed E-state index contributed by atoms with van der Waals surface area (Å²) in [6.45, 7) is 2.10. The van der Waals surface area contributed by atoms with E-state index in [2.05, 4.69) is 5.32 Å². The van der Waals surface area contributed by atoms with Gasteiger partial charge in [-0.2, -0.15) is 0 Å². The second-order valence-electron chi connectivity index (χ2n) is 3.24. The van der Waals surface area contributed by atoms with Crippen molar-refractivity contribution < 1.29 is 24.0 Å². The van der Waals surface area contributed by atoms with Crippen LogP contribution in [-0.4, -0.2) is 46.4 Å². The minimum atomic E-state index is -1.29. The van der Waals surface area contributed by atoms with Crippen molar-refractivity contribution in [2.24, 2.45) is 0 Å². The monoisotopic (exact) mass is 251 g/mol. The molecule has 2 atom stereocenters. The fourth-order valence-electron chi connectivity index (χ4n) is 0.985. The van der Waals surface area contributed by atoms with Crippen molar-refractivity contribution in [2.45, 2.75) is 25.8 Å². The molecule has 7 heteroatoms. The molecule has 0 saturated carbocycles. The summed E-state index contributed by atoms with van der Waals surface area (Å²) < 4.78 is 15.7. The van der Waals surface area contributed by atoms with E-state index in [0.717, 1.165) is 0 Å². The third-order valence-corrected chi connectivity index (χ3v) is 2.54. The van der Waals surface area contributed by atoms with Crippen LogP contribution >= 0.6 is 0 Å². The fourth-order valence-corrected chi connectivity index (χ4v) is 1.55. The minimum absolute atomic E-state index is 0.179. The molecule has 94 valence electrons. The molecule has 0 heterocycles. The number of carboxylic acid groups (broad SMARTS) is 1. The smallest absolute Gasteiger partial charge is 0.405 e. The SMILES string of the molecule is CCCOC(=O)C(CC[S+](C)[O-])NC(=O)O. The van der Waals surface area contributed by atoms with E-state index in [-0.39, 0.29) is 18.8 Å². The molecule has 0 bridgehead atoms. The van der Waals surface area contributed by atoms with Gasteiger partial charge in [0.25, 0.3) is 0 Å². The van der Waals surface area contributed by atoms with Gasteiger partial charge in [0.2, 0.25) is 0 Å². The van der Waals surface area contributed by atoms with Gasteiger partial charge in [0, 0.05) is 6.42 Å². The van der Waals surface area contributed by atoms with Gasteiger partial charge in [0.1, 0.15) is 11.8 Å². The number of carbonyl (C=O) groups is 2. The third-order valence-electron chi connectivity index (χ3n) is 1.72. The van der Waals surface area contributed by atoms with Gasteiger partial charge in [-0.05, 0) is 6.42 Å². The average molecular weight is 251 g/mol. The zero-order valence-electron chi connectivity index (χ0n) is 9.39. The molecule has 6 nitrogen and oxygen atoms in total. The second-order valence-corrected chi connectivity index (χ2v) is 4.79. The van der Waals surface area contributed by atoms with Crippen LogP contribution in [0.3, 0.4) is 0 Å². The van der Waals surface area contributed by atoms with E-state index in [4.69, 9.17) is 9.84 Å². The molecule has 0 aliphatic rings. The normalized spacial score (nSPS) is 13.9. The number of carbonyl (C=O) groups excluding carboxylic acids is 1. The van der Waals surface area contributed by atoms with E-state index in [0.29, 0.717) is 6.42 Å². The molecule has 0 saturated heterocycles. The van der Waals surface area contributed by atoms with Gasteiger partial charge < -0.3 is 19.7 Å². The highest BCUT2D eigenvalue weighted by molar-refractivity contribution is 7.90. The lowest BCUT2D eigenvalue weighted by atomic mass is 10.2. The van der Waals surface area contributed by atoms with E-state index in [9.17, 15) is 14.1 Å². The van der Waals surface area contributed by atoms with E-state index < -0.39 is 29.3 Å². The highest BCUT2D eigenvalue weighted by Crippen LogP contribution is 2.00. The molecule has 0 aromatic rings. The summed E-state index contributed by atoms with van der Waals surface area (Å²) in [5.74, 6) is -0.360. The number of hydrogen-bond donors (Lipinski definition) is 2. The van der Waals surface area contributed by atoms with Crippen LogP contribution in [0.1, 0.15) is 19.8 Å². The number of rotatable bonds is 7. The first kappa shape index (κ1) is 15.0. The van der Waals surface area contributed by atoms with Crippen molar-refractivity contribution in [3.05, 3.63) is 0 Å². The van der Waals surface area contributed by atoms with Gasteiger partial charge in [-0.25, -0.2) is 9.59 Å². The van der Waals surface area contributed by atoms with Crippen molar-refractivity contribution in [1.29, 1.82) is 0 Å². The molecule has 0 fully saturated rings. The molecule has 0 aromatic heterocycles. The summed E-state index contributed by atoms with van der Waals surface area (Å²) in [6.07, 6.45) is 1.05. The minimum Gasteiger partial charge on any atom is -0.617 e. The quantitative estimate of drug-likeness (QED) is 0.502. The summed E-state index contributed by atoms with van der Waals surface area (Å²) in [6, 6.07) is -0.937. The highest BCUT2D eigenvalue weighted by atomic mass is 32.2. The number of hydrogen-bond acceptors (Lipinski definition) is 4. The first-order valence-corrected chi connectivity index (χ1v) is 6.66. The number of ether oxygens (including phenoxy) is 1. The van der Waals surface area contributed by atoms with Crippen molar-refractivity contribution >= 4 is 23.2 Å². The Kier molecular flexibility index (Phi) is 7.74. The maximum atomic E-state index is 11.4. The Morgan fingerprint density at radius 2 is 2.19 bits per heavy atom. The molecule has 0 aromatic carbocycles. The Bertz CT molecular complexity index is 234. The van der Waals surface area contributed by atoms with E-state index >= 15 is 0 Å². The Labute approximate surface area is 97.5 Å². The lowest BCUT2D eigenvalue weighted by Gasteiger charge is -2.15. The maximum Gasteiger partial charge on any atom is 0.405 e. The van der Waals surface area contributed by atoms with E-state index in [1.54, 1.807) is 0 Å². The van der Waals surface area contributed by atoms with E-state index in [1.165, 1.54) is 6.26 Å². The molecule has 1 amide bonds. The van der Waals surface area contributed by atoms with Crippen molar-refractivity contribution in [3.8, 4) is 0 Å². The zero-order chi connectivity index (χ0) is 12.6. The number of nitrogens with one attached hydrogen (secondary N) is 1. The lowest BCUT2D eigenvalue weighted by molar-refractivity contribution is -0.146. The summed E-state index contributed by atoms with van der Waals surface area (Å²) >= 11 is -1.06. The molecule has 0 aliphatic heterocycles. The lowest BCUT2D eigenvalue weighted by Crippen LogP contribution is -2.42. The molecular formula is C9H17NO5S. The van der Waals surface area contributed by atoms with Crippen LogP contribution in [0.2, 0.25) is 0 Å². The summed E-state index contributed by atoms with van der Waals surface area (Å²) in [7, 11) is 0. The molecule has 0 spiro atoms. The van der Waals surface area contributed by atoms with E-state index in [1.807, 2.05) is 6.92 Å².